The number of phosphoric acid groups is 1. The quantitative estimate of drug-likeness (QED) is 0.557. The minimum absolute atomic E-state index is 0.331. The highest BCUT2D eigenvalue weighted by Gasteiger charge is 2.23. The summed E-state index contributed by atoms with van der Waals surface area (Å²) < 4.78 is 55.5. The van der Waals surface area contributed by atoms with E-state index in [1.807, 2.05) is 0 Å². The van der Waals surface area contributed by atoms with Crippen molar-refractivity contribution in [2.45, 2.75) is 20.8 Å². The van der Waals surface area contributed by atoms with Crippen LogP contribution in [0.5, 0.6) is 0 Å². The van der Waals surface area contributed by atoms with Crippen molar-refractivity contribution in [1.82, 2.24) is 0 Å². The molecule has 0 atom stereocenters. The summed E-state index contributed by atoms with van der Waals surface area (Å²) in [7, 11) is -6.51. The zero-order chi connectivity index (χ0) is 13.9. The van der Waals surface area contributed by atoms with Crippen LogP contribution >= 0.6 is 7.82 Å². The molecule has 10 heteroatoms. The van der Waals surface area contributed by atoms with Gasteiger partial charge in [-0.15, -0.1) is 0 Å². The molecule has 0 aliphatic carbocycles. The van der Waals surface area contributed by atoms with E-state index < -0.39 is 18.2 Å². The van der Waals surface area contributed by atoms with Gasteiger partial charge in [-0.2, -0.15) is 8.42 Å². The zero-order valence-electron chi connectivity index (χ0n) is 10.3. The first-order valence-corrected chi connectivity index (χ1v) is 7.63. The van der Waals surface area contributed by atoms with Crippen LogP contribution in [0.4, 0.5) is 0 Å². The van der Waals surface area contributed by atoms with Crippen LogP contribution in [0.2, 0.25) is 0 Å². The van der Waals surface area contributed by atoms with Crippen molar-refractivity contribution in [1.29, 1.82) is 0 Å². The maximum absolute atomic E-state index is 11.3. The van der Waals surface area contributed by atoms with Crippen molar-refractivity contribution in [3.8, 4) is 0 Å². The zero-order valence-corrected chi connectivity index (χ0v) is 12.0. The van der Waals surface area contributed by atoms with Gasteiger partial charge in [-0.25, -0.2) is 4.57 Å². The molecule has 0 unspecified atom stereocenters. The molecule has 17 heavy (non-hydrogen) atoms. The Labute approximate surface area is 102 Å². The van der Waals surface area contributed by atoms with E-state index in [9.17, 15) is 13.0 Å². The van der Waals surface area contributed by atoms with E-state index in [-0.39, 0.29) is 0 Å². The maximum Gasteiger partial charge on any atom is 0.474 e. The normalized spacial score (nSPS) is 11.8. The average Bonchev–Trinajstić information content (AvgIpc) is 2.18. The summed E-state index contributed by atoms with van der Waals surface area (Å²) in [5.74, 6) is 0. The Morgan fingerprint density at radius 1 is 1.00 bits per heavy atom. The van der Waals surface area contributed by atoms with E-state index >= 15 is 0 Å². The molecule has 0 rings (SSSR count). The molecule has 8 nitrogen and oxygen atoms in total. The van der Waals surface area contributed by atoms with Crippen molar-refractivity contribution in [2.24, 2.45) is 0 Å². The van der Waals surface area contributed by atoms with Crippen molar-refractivity contribution < 1.29 is 35.3 Å². The standard InChI is InChI=1S/C6H15O4P.CH4O4S/c1-4-8-11(7,9-5-2)10-6-3;1-5-6(2,3)4/h4-6H2,1-3H3;1H3,(H,2,3,4). The monoisotopic (exact) mass is 294 g/mol. The smallest absolute Gasteiger partial charge is 0.287 e. The predicted molar refractivity (Wildman–Crippen MR) is 61.0 cm³/mol. The van der Waals surface area contributed by atoms with E-state index in [0.29, 0.717) is 19.8 Å². The summed E-state index contributed by atoms with van der Waals surface area (Å²) in [6.07, 6.45) is 0. The number of phosphoric ester groups is 1. The van der Waals surface area contributed by atoms with E-state index in [1.54, 1.807) is 20.8 Å². The van der Waals surface area contributed by atoms with E-state index in [1.165, 1.54) is 0 Å². The number of hydrogen-bond donors (Lipinski definition) is 1. The molecular weight excluding hydrogens is 275 g/mol. The van der Waals surface area contributed by atoms with E-state index in [0.717, 1.165) is 7.11 Å². The van der Waals surface area contributed by atoms with Gasteiger partial charge in [-0.1, -0.05) is 0 Å². The SMILES string of the molecule is CCOP(=O)(OCC)OCC.COS(=O)(=O)O. The highest BCUT2D eigenvalue weighted by Crippen LogP contribution is 2.48. The largest absolute Gasteiger partial charge is 0.474 e. The van der Waals surface area contributed by atoms with Gasteiger partial charge in [-0.3, -0.25) is 22.3 Å². The molecule has 0 fully saturated rings. The topological polar surface area (TPSA) is 108 Å². The first-order valence-electron chi connectivity index (χ1n) is 4.81. The molecule has 0 aromatic heterocycles. The van der Waals surface area contributed by atoms with Gasteiger partial charge < -0.3 is 0 Å². The summed E-state index contributed by atoms with van der Waals surface area (Å²) in [4.78, 5) is 0. The lowest BCUT2D eigenvalue weighted by Gasteiger charge is -2.14. The van der Waals surface area contributed by atoms with Gasteiger partial charge >= 0.3 is 18.2 Å². The van der Waals surface area contributed by atoms with Crippen molar-refractivity contribution >= 4 is 18.2 Å². The lowest BCUT2D eigenvalue weighted by Crippen LogP contribution is -1.99. The van der Waals surface area contributed by atoms with Gasteiger partial charge in [0.15, 0.2) is 0 Å². The van der Waals surface area contributed by atoms with Crippen molar-refractivity contribution in [3.63, 3.8) is 0 Å². The van der Waals surface area contributed by atoms with Crippen LogP contribution in [0.25, 0.3) is 0 Å². The first-order chi connectivity index (χ1) is 7.74. The highest BCUT2D eigenvalue weighted by atomic mass is 32.3. The van der Waals surface area contributed by atoms with Crippen molar-refractivity contribution in [2.75, 3.05) is 26.9 Å². The van der Waals surface area contributed by atoms with Gasteiger partial charge in [0.2, 0.25) is 0 Å². The summed E-state index contributed by atoms with van der Waals surface area (Å²) in [5, 5.41) is 0. The summed E-state index contributed by atoms with van der Waals surface area (Å²) in [6, 6.07) is 0. The second-order valence-electron chi connectivity index (χ2n) is 2.29. The summed E-state index contributed by atoms with van der Waals surface area (Å²) in [6.45, 7) is 6.21. The summed E-state index contributed by atoms with van der Waals surface area (Å²) >= 11 is 0. The lowest BCUT2D eigenvalue weighted by molar-refractivity contribution is 0.126. The van der Waals surface area contributed by atoms with Gasteiger partial charge in [0.05, 0.1) is 26.9 Å². The third-order valence-corrected chi connectivity index (χ3v) is 3.22. The Hall–Kier alpha value is -0.0200. The lowest BCUT2D eigenvalue weighted by atomic mass is 10.9. The second kappa shape index (κ2) is 9.95. The molecule has 0 saturated heterocycles. The minimum atomic E-state index is -4.16. The van der Waals surface area contributed by atoms with Crippen LogP contribution < -0.4 is 0 Å². The molecule has 0 bridgehead atoms. The first kappa shape index (κ1) is 19.3. The average molecular weight is 294 g/mol. The van der Waals surface area contributed by atoms with Gasteiger partial charge in [0, 0.05) is 0 Å². The molecule has 1 N–H and O–H groups in total. The van der Waals surface area contributed by atoms with Gasteiger partial charge in [0.1, 0.15) is 0 Å². The van der Waals surface area contributed by atoms with Crippen LogP contribution in [0, 0.1) is 0 Å². The number of hydrogen-bond acceptors (Lipinski definition) is 7. The molecule has 0 radical (unpaired) electrons. The van der Waals surface area contributed by atoms with Crippen LogP contribution in [0.3, 0.4) is 0 Å². The van der Waals surface area contributed by atoms with Gasteiger partial charge in [-0.05, 0) is 20.8 Å². The fourth-order valence-electron chi connectivity index (χ4n) is 0.586. The molecule has 0 aliphatic rings. The third-order valence-electron chi connectivity index (χ3n) is 1.07. The number of rotatable bonds is 7. The minimum Gasteiger partial charge on any atom is -0.287 e. The summed E-state index contributed by atoms with van der Waals surface area (Å²) in [5.41, 5.74) is 0. The molecule has 0 aromatic rings. The highest BCUT2D eigenvalue weighted by molar-refractivity contribution is 7.80. The van der Waals surface area contributed by atoms with Crippen LogP contribution in [0.1, 0.15) is 20.8 Å². The van der Waals surface area contributed by atoms with Crippen molar-refractivity contribution in [3.05, 3.63) is 0 Å². The molecular formula is C7H19O8PS. The Morgan fingerprint density at radius 2 is 1.24 bits per heavy atom. The fraction of sp³-hybridized carbons (Fsp3) is 1.00. The molecule has 0 aromatic carbocycles. The molecule has 106 valence electrons. The van der Waals surface area contributed by atoms with E-state index in [4.69, 9.17) is 18.1 Å². The molecule has 0 amide bonds. The Morgan fingerprint density at radius 3 is 1.35 bits per heavy atom. The third kappa shape index (κ3) is 13.9. The Bertz CT molecular complexity index is 290. The van der Waals surface area contributed by atoms with Crippen LogP contribution in [-0.2, 0) is 32.7 Å². The molecule has 0 aliphatic heterocycles. The second-order valence-corrected chi connectivity index (χ2v) is 5.15. The Kier molecular flexibility index (Phi) is 11.3. The molecule has 0 saturated carbocycles. The Balaban J connectivity index is 0. The van der Waals surface area contributed by atoms with Gasteiger partial charge in [0.25, 0.3) is 0 Å². The fourth-order valence-corrected chi connectivity index (χ4v) is 1.76. The van der Waals surface area contributed by atoms with E-state index in [2.05, 4.69) is 4.18 Å². The predicted octanol–water partition coefficient (Wildman–Crippen LogP) is 1.64. The van der Waals surface area contributed by atoms with Crippen LogP contribution in [0.15, 0.2) is 0 Å². The van der Waals surface area contributed by atoms with Crippen LogP contribution in [-0.4, -0.2) is 39.9 Å². The molecule has 0 heterocycles. The molecule has 0 spiro atoms. The maximum atomic E-state index is 11.3.